The van der Waals surface area contributed by atoms with Crippen LogP contribution in [0.4, 0.5) is 0 Å². The molecule has 2 amide bonds. The van der Waals surface area contributed by atoms with Crippen molar-refractivity contribution in [3.05, 3.63) is 56.5 Å². The Kier molecular flexibility index (Phi) is 10.2. The number of thiocarbonyl (C=S) groups is 1. The Bertz CT molecular complexity index is 933. The molecule has 31 heavy (non-hydrogen) atoms. The van der Waals surface area contributed by atoms with Crippen LogP contribution in [0, 0.1) is 6.92 Å². The fourth-order valence-electron chi connectivity index (χ4n) is 2.48. The lowest BCUT2D eigenvalue weighted by Gasteiger charge is -2.14. The lowest BCUT2D eigenvalue weighted by molar-refractivity contribution is -0.123. The van der Waals surface area contributed by atoms with Crippen molar-refractivity contribution in [2.24, 2.45) is 0 Å². The van der Waals surface area contributed by atoms with Crippen molar-refractivity contribution >= 4 is 61.0 Å². The Balaban J connectivity index is 1.83. The average molecular weight is 573 g/mol. The number of carbonyl (C=O) groups is 2. The quantitative estimate of drug-likeness (QED) is 0.247. The molecule has 0 aliphatic rings. The van der Waals surface area contributed by atoms with Gasteiger partial charge in [-0.05, 0) is 71.3 Å². The van der Waals surface area contributed by atoms with E-state index in [1.54, 1.807) is 24.3 Å². The predicted octanol–water partition coefficient (Wildman–Crippen LogP) is 4.41. The number of amides is 2. The molecule has 0 aromatic heterocycles. The van der Waals surface area contributed by atoms with Crippen molar-refractivity contribution in [2.45, 2.75) is 26.7 Å². The molecule has 0 bridgehead atoms. The monoisotopic (exact) mass is 571 g/mol. The second kappa shape index (κ2) is 12.6. The molecule has 0 saturated heterocycles. The van der Waals surface area contributed by atoms with E-state index in [1.807, 2.05) is 19.1 Å². The summed E-state index contributed by atoms with van der Waals surface area (Å²) in [6.07, 6.45) is 1.88. The number of hydrogen-bond acceptors (Lipinski definition) is 5. The number of benzene rings is 2. The van der Waals surface area contributed by atoms with Crippen LogP contribution in [-0.4, -0.2) is 30.1 Å². The molecule has 0 aliphatic heterocycles. The van der Waals surface area contributed by atoms with Gasteiger partial charge in [0.25, 0.3) is 11.8 Å². The lowest BCUT2D eigenvalue weighted by atomic mass is 10.2. The molecule has 0 fully saturated rings. The van der Waals surface area contributed by atoms with Crippen molar-refractivity contribution in [1.82, 2.24) is 16.2 Å². The summed E-state index contributed by atoms with van der Waals surface area (Å²) in [5, 5.41) is 2.46. The molecular weight excluding hydrogens is 550 g/mol. The maximum absolute atomic E-state index is 12.5. The largest absolute Gasteiger partial charge is 0.493 e. The maximum atomic E-state index is 12.5. The molecule has 0 saturated carbocycles. The fourth-order valence-corrected chi connectivity index (χ4v) is 4.18. The van der Waals surface area contributed by atoms with Gasteiger partial charge >= 0.3 is 0 Å². The zero-order valence-corrected chi connectivity index (χ0v) is 21.1. The molecule has 10 heteroatoms. The molecule has 0 unspecified atom stereocenters. The first-order valence-corrected chi connectivity index (χ1v) is 11.5. The highest BCUT2D eigenvalue weighted by Crippen LogP contribution is 2.32. The molecule has 0 heterocycles. The lowest BCUT2D eigenvalue weighted by Crippen LogP contribution is -2.49. The Morgan fingerprint density at radius 2 is 1.84 bits per heavy atom. The van der Waals surface area contributed by atoms with Gasteiger partial charge in [0.1, 0.15) is 11.5 Å². The Morgan fingerprint density at radius 1 is 1.10 bits per heavy atom. The molecule has 2 rings (SSSR count). The van der Waals surface area contributed by atoms with Crippen molar-refractivity contribution in [2.75, 3.05) is 13.2 Å². The van der Waals surface area contributed by atoms with E-state index in [4.69, 9.17) is 21.7 Å². The summed E-state index contributed by atoms with van der Waals surface area (Å²) in [5.41, 5.74) is 6.10. The summed E-state index contributed by atoms with van der Waals surface area (Å²) in [7, 11) is 0. The van der Waals surface area contributed by atoms with E-state index in [2.05, 4.69) is 55.0 Å². The minimum absolute atomic E-state index is 0.0530. The van der Waals surface area contributed by atoms with E-state index in [0.717, 1.165) is 27.4 Å². The number of hydrazine groups is 1. The minimum atomic E-state index is -0.464. The predicted molar refractivity (Wildman–Crippen MR) is 130 cm³/mol. The topological polar surface area (TPSA) is 88.7 Å². The van der Waals surface area contributed by atoms with Crippen LogP contribution in [0.15, 0.2) is 45.3 Å². The van der Waals surface area contributed by atoms with Crippen LogP contribution in [0.2, 0.25) is 0 Å². The van der Waals surface area contributed by atoms with Gasteiger partial charge in [-0.2, -0.15) is 0 Å². The summed E-state index contributed by atoms with van der Waals surface area (Å²) in [6.45, 7) is 4.21. The van der Waals surface area contributed by atoms with E-state index in [1.165, 1.54) is 0 Å². The van der Waals surface area contributed by atoms with Crippen LogP contribution in [0.1, 0.15) is 35.7 Å². The summed E-state index contributed by atoms with van der Waals surface area (Å²) >= 11 is 11.9. The third-order valence-corrected chi connectivity index (χ3v) is 5.22. The van der Waals surface area contributed by atoms with Gasteiger partial charge in [0.15, 0.2) is 11.7 Å². The highest BCUT2D eigenvalue weighted by atomic mass is 79.9. The molecule has 0 atom stereocenters. The summed E-state index contributed by atoms with van der Waals surface area (Å²) < 4.78 is 12.8. The Labute approximate surface area is 203 Å². The standard InChI is InChI=1S/C21H23Br2N3O4S/c1-3-4-9-29-17-8-6-5-7-15(17)20(28)24-21(31)26-25-18(27)12-30-19-13(2)10-14(22)11-16(19)23/h5-8,10-11H,3-4,9,12H2,1-2H3,(H,25,27)(H2,24,26,28,31). The number of carbonyl (C=O) groups excluding carboxylic acids is 2. The van der Waals surface area contributed by atoms with Crippen molar-refractivity contribution in [3.63, 3.8) is 0 Å². The van der Waals surface area contributed by atoms with Crippen molar-refractivity contribution in [1.29, 1.82) is 0 Å². The minimum Gasteiger partial charge on any atom is -0.493 e. The SMILES string of the molecule is CCCCOc1ccccc1C(=O)NC(=S)NNC(=O)COc1c(C)cc(Br)cc1Br. The zero-order chi connectivity index (χ0) is 22.8. The van der Waals surface area contributed by atoms with Crippen LogP contribution in [0.3, 0.4) is 0 Å². The number of rotatable bonds is 8. The molecule has 2 aromatic rings. The maximum Gasteiger partial charge on any atom is 0.276 e. The second-order valence-electron chi connectivity index (χ2n) is 6.48. The summed E-state index contributed by atoms with van der Waals surface area (Å²) in [4.78, 5) is 24.6. The van der Waals surface area contributed by atoms with E-state index >= 15 is 0 Å². The number of halogens is 2. The molecule has 166 valence electrons. The number of para-hydroxylation sites is 1. The number of nitrogens with one attached hydrogen (secondary N) is 3. The molecule has 7 nitrogen and oxygen atoms in total. The smallest absolute Gasteiger partial charge is 0.276 e. The summed E-state index contributed by atoms with van der Waals surface area (Å²) in [5.74, 6) is 0.136. The first kappa shape index (κ1) is 25.1. The normalized spacial score (nSPS) is 10.2. The van der Waals surface area contributed by atoms with E-state index < -0.39 is 11.8 Å². The van der Waals surface area contributed by atoms with Crippen LogP contribution in [0.25, 0.3) is 0 Å². The van der Waals surface area contributed by atoms with Gasteiger partial charge in [-0.3, -0.25) is 25.8 Å². The number of unbranched alkanes of at least 4 members (excludes halogenated alkanes) is 1. The first-order chi connectivity index (χ1) is 14.8. The van der Waals surface area contributed by atoms with Gasteiger partial charge < -0.3 is 9.47 Å². The molecule has 0 radical (unpaired) electrons. The average Bonchev–Trinajstić information content (AvgIpc) is 2.72. The van der Waals surface area contributed by atoms with Crippen LogP contribution >= 0.6 is 44.1 Å². The third kappa shape index (κ3) is 8.12. The molecule has 2 aromatic carbocycles. The van der Waals surface area contributed by atoms with Crippen molar-refractivity contribution < 1.29 is 19.1 Å². The molecule has 3 N–H and O–H groups in total. The summed E-state index contributed by atoms with van der Waals surface area (Å²) in [6, 6.07) is 10.6. The molecule has 0 aliphatic carbocycles. The van der Waals surface area contributed by atoms with Gasteiger partial charge in [0.05, 0.1) is 16.6 Å². The zero-order valence-electron chi connectivity index (χ0n) is 17.1. The van der Waals surface area contributed by atoms with Crippen LogP contribution in [0.5, 0.6) is 11.5 Å². The molecular formula is C21H23Br2N3O4S. The first-order valence-electron chi connectivity index (χ1n) is 9.52. The highest BCUT2D eigenvalue weighted by molar-refractivity contribution is 9.11. The number of aryl methyl sites for hydroxylation is 1. The van der Waals surface area contributed by atoms with E-state index in [0.29, 0.717) is 23.7 Å². The third-order valence-electron chi connectivity index (χ3n) is 3.97. The van der Waals surface area contributed by atoms with Crippen LogP contribution in [-0.2, 0) is 4.79 Å². The second-order valence-corrected chi connectivity index (χ2v) is 8.66. The van der Waals surface area contributed by atoms with Gasteiger partial charge in [0.2, 0.25) is 0 Å². The van der Waals surface area contributed by atoms with Crippen LogP contribution < -0.4 is 25.6 Å². The number of ether oxygens (including phenoxy) is 2. The van der Waals surface area contributed by atoms with E-state index in [9.17, 15) is 9.59 Å². The number of hydrogen-bond donors (Lipinski definition) is 3. The van der Waals surface area contributed by atoms with Gasteiger partial charge in [-0.15, -0.1) is 0 Å². The molecule has 0 spiro atoms. The Hall–Kier alpha value is -2.17. The van der Waals surface area contributed by atoms with Gasteiger partial charge in [0, 0.05) is 4.47 Å². The van der Waals surface area contributed by atoms with Gasteiger partial charge in [-0.25, -0.2) is 0 Å². The Morgan fingerprint density at radius 3 is 2.55 bits per heavy atom. The fraction of sp³-hybridized carbons (Fsp3) is 0.286. The van der Waals surface area contributed by atoms with Crippen molar-refractivity contribution in [3.8, 4) is 11.5 Å². The highest BCUT2D eigenvalue weighted by Gasteiger charge is 2.14. The van der Waals surface area contributed by atoms with Gasteiger partial charge in [-0.1, -0.05) is 41.4 Å². The van der Waals surface area contributed by atoms with E-state index in [-0.39, 0.29) is 11.7 Å².